The summed E-state index contributed by atoms with van der Waals surface area (Å²) in [5.41, 5.74) is 2.48. The molecule has 0 aliphatic heterocycles. The molecule has 122 valence electrons. The largest absolute Gasteiger partial charge is 0.331 e. The second-order valence-electron chi connectivity index (χ2n) is 5.10. The fourth-order valence-corrected chi connectivity index (χ4v) is 2.72. The molecule has 0 aliphatic carbocycles. The van der Waals surface area contributed by atoms with Gasteiger partial charge in [0.2, 0.25) is 11.8 Å². The number of carbonyl (C=O) groups excluding carboxylic acids is 2. The third-order valence-electron chi connectivity index (χ3n) is 3.27. The molecule has 0 radical (unpaired) electrons. The van der Waals surface area contributed by atoms with Crippen molar-refractivity contribution in [2.24, 2.45) is 0 Å². The first-order valence-electron chi connectivity index (χ1n) is 7.46. The molecule has 1 heterocycles. The number of nitrogens with one attached hydrogen (secondary N) is 3. The van der Waals surface area contributed by atoms with Crippen LogP contribution in [0, 0.1) is 0 Å². The summed E-state index contributed by atoms with van der Waals surface area (Å²) in [6, 6.07) is 16.8. The molecular formula is C17H16N4O2S. The van der Waals surface area contributed by atoms with E-state index in [-0.39, 0.29) is 24.7 Å². The Kier molecular flexibility index (Phi) is 5.12. The van der Waals surface area contributed by atoms with Crippen molar-refractivity contribution in [3.05, 3.63) is 54.6 Å². The lowest BCUT2D eigenvalue weighted by Gasteiger charge is -2.05. The molecule has 0 atom stereocenters. The molecular weight excluding hydrogens is 324 g/mol. The number of anilines is 1. The van der Waals surface area contributed by atoms with Crippen LogP contribution in [0.1, 0.15) is 12.8 Å². The van der Waals surface area contributed by atoms with Crippen LogP contribution in [-0.4, -0.2) is 21.8 Å². The molecule has 3 N–H and O–H groups in total. The lowest BCUT2D eigenvalue weighted by Crippen LogP contribution is -2.19. The Morgan fingerprint density at radius 2 is 1.67 bits per heavy atom. The van der Waals surface area contributed by atoms with Gasteiger partial charge in [0.05, 0.1) is 11.0 Å². The molecule has 3 aromatic rings. The fourth-order valence-electron chi connectivity index (χ4n) is 2.11. The average molecular weight is 340 g/mol. The van der Waals surface area contributed by atoms with Gasteiger partial charge >= 0.3 is 0 Å². The number of carbonyl (C=O) groups is 2. The second-order valence-corrected chi connectivity index (χ2v) is 5.90. The summed E-state index contributed by atoms with van der Waals surface area (Å²) in [6.07, 6.45) is 0.243. The van der Waals surface area contributed by atoms with E-state index in [2.05, 4.69) is 20.0 Å². The zero-order valence-corrected chi connectivity index (χ0v) is 13.6. The van der Waals surface area contributed by atoms with Crippen molar-refractivity contribution in [2.75, 3.05) is 5.32 Å². The number of fused-ring (bicyclic) bond motifs is 1. The van der Waals surface area contributed by atoms with Gasteiger partial charge < -0.3 is 10.3 Å². The Hall–Kier alpha value is -2.80. The topological polar surface area (TPSA) is 86.9 Å². The van der Waals surface area contributed by atoms with E-state index in [9.17, 15) is 9.59 Å². The van der Waals surface area contributed by atoms with E-state index in [1.54, 1.807) is 12.1 Å². The normalized spacial score (nSPS) is 10.5. The molecule has 0 saturated heterocycles. The zero-order chi connectivity index (χ0) is 16.8. The quantitative estimate of drug-likeness (QED) is 0.602. The molecule has 0 bridgehead atoms. The summed E-state index contributed by atoms with van der Waals surface area (Å²) < 4.78 is 2.68. The number of imidazole rings is 1. The zero-order valence-electron chi connectivity index (χ0n) is 12.8. The Morgan fingerprint density at radius 3 is 2.46 bits per heavy atom. The molecule has 2 aromatic carbocycles. The number of nitrogens with zero attached hydrogens (tertiary/aromatic N) is 1. The molecule has 3 rings (SSSR count). The molecule has 24 heavy (non-hydrogen) atoms. The summed E-state index contributed by atoms with van der Waals surface area (Å²) >= 11 is 1.11. The first-order chi connectivity index (χ1) is 11.7. The van der Waals surface area contributed by atoms with Crippen LogP contribution in [0.15, 0.2) is 59.8 Å². The summed E-state index contributed by atoms with van der Waals surface area (Å²) in [5.74, 6) is -0.409. The van der Waals surface area contributed by atoms with Crippen LogP contribution in [0.4, 0.5) is 5.69 Å². The number of amides is 2. The van der Waals surface area contributed by atoms with E-state index in [1.165, 1.54) is 0 Å². The molecule has 0 fully saturated rings. The van der Waals surface area contributed by atoms with E-state index in [4.69, 9.17) is 0 Å². The van der Waals surface area contributed by atoms with E-state index in [0.717, 1.165) is 28.7 Å². The van der Waals surface area contributed by atoms with Crippen molar-refractivity contribution in [3.63, 3.8) is 0 Å². The van der Waals surface area contributed by atoms with E-state index in [1.807, 2.05) is 42.5 Å². The molecule has 6 nitrogen and oxygen atoms in total. The molecule has 7 heteroatoms. The third-order valence-corrected chi connectivity index (χ3v) is 3.98. The molecule has 1 aromatic heterocycles. The van der Waals surface area contributed by atoms with Crippen LogP contribution in [0.25, 0.3) is 11.0 Å². The van der Waals surface area contributed by atoms with Gasteiger partial charge in [-0.25, -0.2) is 4.98 Å². The SMILES string of the molecule is O=C(CCC(=O)Nc1ccccc1)NSc1nc2ccccc2[nH]1. The summed E-state index contributed by atoms with van der Waals surface area (Å²) in [6.45, 7) is 0. The standard InChI is InChI=1S/C17H16N4O2S/c22-15(18-12-6-2-1-3-7-12)10-11-16(23)21-24-17-19-13-8-4-5-9-14(13)20-17/h1-9H,10-11H2,(H,18,22)(H,19,20)(H,21,23). The maximum Gasteiger partial charge on any atom is 0.230 e. The average Bonchev–Trinajstić information content (AvgIpc) is 3.02. The fraction of sp³-hybridized carbons (Fsp3) is 0.118. The number of hydrogen-bond donors (Lipinski definition) is 3. The molecule has 0 unspecified atom stereocenters. The monoisotopic (exact) mass is 340 g/mol. The smallest absolute Gasteiger partial charge is 0.230 e. The van der Waals surface area contributed by atoms with Gasteiger partial charge in [0.25, 0.3) is 0 Å². The van der Waals surface area contributed by atoms with Crippen molar-refractivity contribution >= 4 is 40.5 Å². The van der Waals surface area contributed by atoms with Crippen LogP contribution in [0.2, 0.25) is 0 Å². The number of hydrogen-bond acceptors (Lipinski definition) is 4. The van der Waals surface area contributed by atoms with Gasteiger partial charge in [-0.1, -0.05) is 30.3 Å². The minimum atomic E-state index is -0.219. The summed E-state index contributed by atoms with van der Waals surface area (Å²) in [4.78, 5) is 31.1. The highest BCUT2D eigenvalue weighted by Crippen LogP contribution is 2.17. The number of aromatic nitrogens is 2. The van der Waals surface area contributed by atoms with Crippen molar-refractivity contribution < 1.29 is 9.59 Å². The van der Waals surface area contributed by atoms with Crippen LogP contribution >= 0.6 is 11.9 Å². The van der Waals surface area contributed by atoms with Crippen LogP contribution in [0.3, 0.4) is 0 Å². The van der Waals surface area contributed by atoms with Crippen molar-refractivity contribution in [2.45, 2.75) is 18.0 Å². The number of benzene rings is 2. The third kappa shape index (κ3) is 4.36. The predicted molar refractivity (Wildman–Crippen MR) is 94.4 cm³/mol. The van der Waals surface area contributed by atoms with E-state index >= 15 is 0 Å². The lowest BCUT2D eigenvalue weighted by molar-refractivity contribution is -0.123. The van der Waals surface area contributed by atoms with Crippen LogP contribution in [0.5, 0.6) is 0 Å². The maximum absolute atomic E-state index is 11.8. The maximum atomic E-state index is 11.8. The van der Waals surface area contributed by atoms with Gasteiger partial charge in [-0.05, 0) is 24.3 Å². The Balaban J connectivity index is 1.43. The predicted octanol–water partition coefficient (Wildman–Crippen LogP) is 3.11. The van der Waals surface area contributed by atoms with E-state index < -0.39 is 0 Å². The first-order valence-corrected chi connectivity index (χ1v) is 8.28. The van der Waals surface area contributed by atoms with Gasteiger partial charge in [-0.2, -0.15) is 0 Å². The van der Waals surface area contributed by atoms with Crippen molar-refractivity contribution in [3.8, 4) is 0 Å². The Labute approximate surface area is 143 Å². The van der Waals surface area contributed by atoms with Gasteiger partial charge in [0.15, 0.2) is 5.16 Å². The van der Waals surface area contributed by atoms with Gasteiger partial charge in [-0.3, -0.25) is 14.3 Å². The van der Waals surface area contributed by atoms with Gasteiger partial charge in [-0.15, -0.1) is 0 Å². The lowest BCUT2D eigenvalue weighted by atomic mass is 10.2. The number of aromatic amines is 1. The summed E-state index contributed by atoms with van der Waals surface area (Å²) in [7, 11) is 0. The van der Waals surface area contributed by atoms with Gasteiger partial charge in [0.1, 0.15) is 0 Å². The molecule has 0 spiro atoms. The number of para-hydroxylation sites is 3. The Bertz CT molecular complexity index is 815. The van der Waals surface area contributed by atoms with Gasteiger partial charge in [0, 0.05) is 30.5 Å². The highest BCUT2D eigenvalue weighted by Gasteiger charge is 2.09. The Morgan fingerprint density at radius 1 is 0.958 bits per heavy atom. The highest BCUT2D eigenvalue weighted by molar-refractivity contribution is 7.97. The minimum Gasteiger partial charge on any atom is -0.331 e. The first kappa shape index (κ1) is 16.1. The van der Waals surface area contributed by atoms with Crippen molar-refractivity contribution in [1.82, 2.24) is 14.7 Å². The molecule has 2 amide bonds. The second kappa shape index (κ2) is 7.65. The van der Waals surface area contributed by atoms with Crippen molar-refractivity contribution in [1.29, 1.82) is 0 Å². The highest BCUT2D eigenvalue weighted by atomic mass is 32.2. The molecule has 0 saturated carbocycles. The van der Waals surface area contributed by atoms with Crippen LogP contribution in [-0.2, 0) is 9.59 Å². The molecule has 0 aliphatic rings. The number of rotatable bonds is 6. The number of H-pyrrole nitrogens is 1. The minimum absolute atomic E-state index is 0.117. The van der Waals surface area contributed by atoms with E-state index in [0.29, 0.717) is 5.16 Å². The van der Waals surface area contributed by atoms with Crippen LogP contribution < -0.4 is 10.0 Å². The summed E-state index contributed by atoms with van der Waals surface area (Å²) in [5, 5.41) is 3.35.